The number of hydrogen-bond donors (Lipinski definition) is 1. The normalized spacial score (nSPS) is 11.3. The van der Waals surface area contributed by atoms with E-state index in [2.05, 4.69) is 15.4 Å². The summed E-state index contributed by atoms with van der Waals surface area (Å²) in [6.07, 6.45) is 3.11. The number of anilines is 1. The van der Waals surface area contributed by atoms with Crippen molar-refractivity contribution < 1.29 is 9.59 Å². The van der Waals surface area contributed by atoms with E-state index in [9.17, 15) is 14.9 Å². The fourth-order valence-corrected chi connectivity index (χ4v) is 2.20. The van der Waals surface area contributed by atoms with Gasteiger partial charge in [-0.1, -0.05) is 24.3 Å². The second-order valence-electron chi connectivity index (χ2n) is 5.11. The van der Waals surface area contributed by atoms with E-state index < -0.39 is 17.6 Å². The van der Waals surface area contributed by atoms with Crippen LogP contribution in [0.1, 0.15) is 10.5 Å². The van der Waals surface area contributed by atoms with E-state index in [1.165, 1.54) is 16.9 Å². The van der Waals surface area contributed by atoms with Crippen LogP contribution in [-0.4, -0.2) is 26.5 Å². The molecule has 3 aromatic rings. The number of nitriles is 1. The number of pyridine rings is 1. The monoisotopic (exact) mass is 331 g/mol. The van der Waals surface area contributed by atoms with Crippen molar-refractivity contribution in [2.75, 3.05) is 5.32 Å². The lowest BCUT2D eigenvalue weighted by Crippen LogP contribution is -2.29. The standard InChI is InChI=1S/C18H13N5O2/c19-12-14(18(25)21-16-8-4-5-10-20-16)17(24)15-9-11-23(22-15)13-6-2-1-3-7-13/h1-11,14H,(H,20,21,25)/t14-/m0/s1. The number of carbonyl (C=O) groups excluding carboxylic acids is 2. The molecule has 1 amide bonds. The maximum atomic E-state index is 12.5. The topological polar surface area (TPSA) is 101 Å². The highest BCUT2D eigenvalue weighted by Gasteiger charge is 2.29. The van der Waals surface area contributed by atoms with Gasteiger partial charge in [-0.25, -0.2) is 9.67 Å². The van der Waals surface area contributed by atoms with Gasteiger partial charge < -0.3 is 5.32 Å². The first-order chi connectivity index (χ1) is 12.2. The van der Waals surface area contributed by atoms with Crippen molar-refractivity contribution in [3.05, 3.63) is 72.7 Å². The molecule has 2 aromatic heterocycles. The molecule has 1 aromatic carbocycles. The number of para-hydroxylation sites is 1. The summed E-state index contributed by atoms with van der Waals surface area (Å²) in [7, 11) is 0. The van der Waals surface area contributed by atoms with Gasteiger partial charge in [0.1, 0.15) is 11.5 Å². The van der Waals surface area contributed by atoms with Crippen LogP contribution in [0.2, 0.25) is 0 Å². The Kier molecular flexibility index (Phi) is 4.62. The number of nitrogens with zero attached hydrogens (tertiary/aromatic N) is 4. The van der Waals surface area contributed by atoms with Gasteiger partial charge in [0.05, 0.1) is 11.8 Å². The highest BCUT2D eigenvalue weighted by molar-refractivity contribution is 6.14. The van der Waals surface area contributed by atoms with Gasteiger partial charge in [0.2, 0.25) is 5.78 Å². The first-order valence-electron chi connectivity index (χ1n) is 7.46. The minimum Gasteiger partial charge on any atom is -0.309 e. The third-order valence-corrected chi connectivity index (χ3v) is 3.43. The van der Waals surface area contributed by atoms with Gasteiger partial charge in [-0.2, -0.15) is 10.4 Å². The van der Waals surface area contributed by atoms with Gasteiger partial charge >= 0.3 is 0 Å². The number of Topliss-reactive ketones (excluding diaryl/α,β-unsaturated/α-hetero) is 1. The van der Waals surface area contributed by atoms with Crippen molar-refractivity contribution in [3.8, 4) is 11.8 Å². The first kappa shape index (κ1) is 16.1. The van der Waals surface area contributed by atoms with Crippen LogP contribution in [0.4, 0.5) is 5.82 Å². The number of carbonyl (C=O) groups is 2. The summed E-state index contributed by atoms with van der Waals surface area (Å²) in [5.74, 6) is -2.62. The van der Waals surface area contributed by atoms with Crippen LogP contribution in [0, 0.1) is 17.2 Å². The van der Waals surface area contributed by atoms with Crippen molar-refractivity contribution >= 4 is 17.5 Å². The Morgan fingerprint density at radius 2 is 1.84 bits per heavy atom. The molecule has 0 radical (unpaired) electrons. The Bertz CT molecular complexity index is 929. The molecule has 1 N–H and O–H groups in total. The van der Waals surface area contributed by atoms with Crippen LogP contribution in [0.25, 0.3) is 5.69 Å². The third kappa shape index (κ3) is 3.59. The summed E-state index contributed by atoms with van der Waals surface area (Å²) in [6, 6.07) is 17.4. The van der Waals surface area contributed by atoms with Crippen LogP contribution in [0.5, 0.6) is 0 Å². The van der Waals surface area contributed by atoms with Gasteiger partial charge in [0, 0.05) is 12.4 Å². The predicted octanol–water partition coefficient (Wildman–Crippen LogP) is 2.23. The van der Waals surface area contributed by atoms with Gasteiger partial charge in [-0.05, 0) is 30.3 Å². The second kappa shape index (κ2) is 7.19. The molecule has 3 rings (SSSR count). The number of hydrogen-bond acceptors (Lipinski definition) is 5. The van der Waals surface area contributed by atoms with E-state index in [0.717, 1.165) is 5.69 Å². The first-order valence-corrected chi connectivity index (χ1v) is 7.46. The number of benzene rings is 1. The average Bonchev–Trinajstić information content (AvgIpc) is 3.14. The van der Waals surface area contributed by atoms with E-state index in [-0.39, 0.29) is 11.5 Å². The fourth-order valence-electron chi connectivity index (χ4n) is 2.20. The van der Waals surface area contributed by atoms with Crippen LogP contribution in [-0.2, 0) is 4.79 Å². The molecule has 0 aliphatic heterocycles. The fraction of sp³-hybridized carbons (Fsp3) is 0.0556. The van der Waals surface area contributed by atoms with Gasteiger partial charge in [0.25, 0.3) is 5.91 Å². The minimum absolute atomic E-state index is 0.0478. The van der Waals surface area contributed by atoms with Crippen molar-refractivity contribution in [2.24, 2.45) is 5.92 Å². The molecule has 0 bridgehead atoms. The maximum absolute atomic E-state index is 12.5. The minimum atomic E-state index is -1.50. The number of ketones is 1. The number of aromatic nitrogens is 3. The lowest BCUT2D eigenvalue weighted by Gasteiger charge is -2.07. The van der Waals surface area contributed by atoms with Crippen molar-refractivity contribution in [2.45, 2.75) is 0 Å². The van der Waals surface area contributed by atoms with Crippen LogP contribution in [0.3, 0.4) is 0 Å². The molecule has 7 nitrogen and oxygen atoms in total. The molecule has 0 unspecified atom stereocenters. The molecule has 25 heavy (non-hydrogen) atoms. The molecule has 122 valence electrons. The van der Waals surface area contributed by atoms with Crippen molar-refractivity contribution in [3.63, 3.8) is 0 Å². The Morgan fingerprint density at radius 3 is 2.52 bits per heavy atom. The summed E-state index contributed by atoms with van der Waals surface area (Å²) in [5.41, 5.74) is 0.819. The van der Waals surface area contributed by atoms with Crippen molar-refractivity contribution in [1.29, 1.82) is 5.26 Å². The van der Waals surface area contributed by atoms with E-state index in [0.29, 0.717) is 0 Å². The Morgan fingerprint density at radius 1 is 1.08 bits per heavy atom. The van der Waals surface area contributed by atoms with E-state index in [4.69, 9.17) is 0 Å². The summed E-state index contributed by atoms with van der Waals surface area (Å²) in [6.45, 7) is 0. The Hall–Kier alpha value is -3.79. The summed E-state index contributed by atoms with van der Waals surface area (Å²) in [5, 5.41) is 15.9. The molecular weight excluding hydrogens is 318 g/mol. The highest BCUT2D eigenvalue weighted by atomic mass is 16.2. The molecule has 2 heterocycles. The lowest BCUT2D eigenvalue weighted by atomic mass is 10.0. The predicted molar refractivity (Wildman–Crippen MR) is 89.9 cm³/mol. The SMILES string of the molecule is N#C[C@H](C(=O)Nc1ccccn1)C(=O)c1ccn(-c2ccccc2)n1. The molecule has 0 aliphatic rings. The van der Waals surface area contributed by atoms with Crippen LogP contribution in [0.15, 0.2) is 67.0 Å². The second-order valence-corrected chi connectivity index (χ2v) is 5.11. The molecule has 1 atom stereocenters. The van der Waals surface area contributed by atoms with E-state index in [1.807, 2.05) is 30.3 Å². The molecule has 7 heteroatoms. The lowest BCUT2D eigenvalue weighted by molar-refractivity contribution is -0.117. The number of rotatable bonds is 5. The van der Waals surface area contributed by atoms with Gasteiger partial charge in [-0.3, -0.25) is 9.59 Å². The summed E-state index contributed by atoms with van der Waals surface area (Å²) in [4.78, 5) is 28.6. The molecule has 0 saturated carbocycles. The zero-order chi connectivity index (χ0) is 17.6. The average molecular weight is 331 g/mol. The van der Waals surface area contributed by atoms with Gasteiger partial charge in [-0.15, -0.1) is 0 Å². The Labute approximate surface area is 143 Å². The van der Waals surface area contributed by atoms with Crippen LogP contribution < -0.4 is 5.32 Å². The molecule has 0 spiro atoms. The van der Waals surface area contributed by atoms with E-state index in [1.54, 1.807) is 30.5 Å². The molecule has 0 aliphatic carbocycles. The highest BCUT2D eigenvalue weighted by Crippen LogP contribution is 2.12. The Balaban J connectivity index is 1.78. The molecule has 0 fully saturated rings. The number of nitrogens with one attached hydrogen (secondary N) is 1. The summed E-state index contributed by atoms with van der Waals surface area (Å²) < 4.78 is 1.51. The zero-order valence-corrected chi connectivity index (χ0v) is 13.0. The third-order valence-electron chi connectivity index (χ3n) is 3.43. The van der Waals surface area contributed by atoms with Crippen LogP contribution >= 0.6 is 0 Å². The smallest absolute Gasteiger partial charge is 0.250 e. The largest absolute Gasteiger partial charge is 0.309 e. The van der Waals surface area contributed by atoms with E-state index >= 15 is 0 Å². The van der Waals surface area contributed by atoms with Crippen molar-refractivity contribution in [1.82, 2.24) is 14.8 Å². The van der Waals surface area contributed by atoms with Gasteiger partial charge in [0.15, 0.2) is 5.92 Å². The molecule has 0 saturated heterocycles. The maximum Gasteiger partial charge on any atom is 0.250 e. The zero-order valence-electron chi connectivity index (χ0n) is 13.0. The molecular formula is C18H13N5O2. The summed E-state index contributed by atoms with van der Waals surface area (Å²) >= 11 is 0. The quantitative estimate of drug-likeness (QED) is 0.571. The number of amides is 1.